The summed E-state index contributed by atoms with van der Waals surface area (Å²) in [5, 5.41) is 0. The van der Waals surface area contributed by atoms with E-state index in [-0.39, 0.29) is 24.0 Å². The first-order valence-corrected chi connectivity index (χ1v) is 5.34. The number of anilines is 1. The van der Waals surface area contributed by atoms with Crippen molar-refractivity contribution in [2.24, 2.45) is 0 Å². The monoisotopic (exact) mass is 241 g/mol. The molecule has 0 aliphatic heterocycles. The molecule has 1 rings (SSSR count). The van der Waals surface area contributed by atoms with Gasteiger partial charge in [-0.25, -0.2) is 9.18 Å². The summed E-state index contributed by atoms with van der Waals surface area (Å²) in [4.78, 5) is 11.5. The van der Waals surface area contributed by atoms with E-state index in [0.29, 0.717) is 6.61 Å². The minimum atomic E-state index is -0.644. The van der Waals surface area contributed by atoms with Gasteiger partial charge < -0.3 is 15.2 Å². The summed E-state index contributed by atoms with van der Waals surface area (Å²) in [5.41, 5.74) is 5.78. The van der Waals surface area contributed by atoms with Gasteiger partial charge in [-0.15, -0.1) is 0 Å². The molecule has 94 valence electrons. The second-order valence-electron chi connectivity index (χ2n) is 3.79. The summed E-state index contributed by atoms with van der Waals surface area (Å²) in [6, 6.07) is 3.57. The predicted octanol–water partition coefficient (Wildman–Crippen LogP) is 1.99. The molecule has 0 saturated carbocycles. The van der Waals surface area contributed by atoms with Crippen LogP contribution in [0.25, 0.3) is 0 Å². The summed E-state index contributed by atoms with van der Waals surface area (Å²) >= 11 is 0. The van der Waals surface area contributed by atoms with Crippen LogP contribution < -0.4 is 5.73 Å². The van der Waals surface area contributed by atoms with Crippen molar-refractivity contribution in [3.63, 3.8) is 0 Å². The molecule has 0 aromatic heterocycles. The highest BCUT2D eigenvalue weighted by atomic mass is 19.1. The van der Waals surface area contributed by atoms with Gasteiger partial charge >= 0.3 is 5.97 Å². The number of ether oxygens (including phenoxy) is 2. The van der Waals surface area contributed by atoms with Crippen LogP contribution >= 0.6 is 0 Å². The summed E-state index contributed by atoms with van der Waals surface area (Å²) in [5.74, 6) is -1.17. The minimum absolute atomic E-state index is 0.0366. The van der Waals surface area contributed by atoms with Crippen LogP contribution in [0, 0.1) is 5.82 Å². The number of benzene rings is 1. The smallest absolute Gasteiger partial charge is 0.340 e. The highest BCUT2D eigenvalue weighted by molar-refractivity contribution is 5.95. The lowest BCUT2D eigenvalue weighted by Crippen LogP contribution is -2.14. The molecule has 0 spiro atoms. The summed E-state index contributed by atoms with van der Waals surface area (Å²) in [6.45, 7) is 4.18. The Morgan fingerprint density at radius 1 is 1.41 bits per heavy atom. The zero-order chi connectivity index (χ0) is 12.8. The highest BCUT2D eigenvalue weighted by Gasteiger charge is 2.12. The Labute approximate surface area is 99.5 Å². The molecule has 0 radical (unpaired) electrons. The van der Waals surface area contributed by atoms with Crippen LogP contribution in [0.3, 0.4) is 0 Å². The van der Waals surface area contributed by atoms with Gasteiger partial charge in [0.1, 0.15) is 12.4 Å². The molecule has 0 aliphatic rings. The van der Waals surface area contributed by atoms with Crippen molar-refractivity contribution < 1.29 is 18.7 Å². The Morgan fingerprint density at radius 3 is 2.76 bits per heavy atom. The quantitative estimate of drug-likeness (QED) is 0.486. The van der Waals surface area contributed by atoms with E-state index in [2.05, 4.69) is 0 Å². The Kier molecular flexibility index (Phi) is 4.90. The molecular weight excluding hydrogens is 225 g/mol. The van der Waals surface area contributed by atoms with Gasteiger partial charge in [-0.05, 0) is 32.0 Å². The maximum Gasteiger partial charge on any atom is 0.340 e. The Morgan fingerprint density at radius 2 is 2.12 bits per heavy atom. The lowest BCUT2D eigenvalue weighted by atomic mass is 10.2. The largest absolute Gasteiger partial charge is 0.460 e. The fraction of sp³-hybridized carbons (Fsp3) is 0.417. The number of hydrogen-bond donors (Lipinski definition) is 1. The van der Waals surface area contributed by atoms with Crippen molar-refractivity contribution in [1.29, 1.82) is 0 Å². The maximum absolute atomic E-state index is 12.9. The average Bonchev–Trinajstić information content (AvgIpc) is 2.27. The molecule has 1 aromatic rings. The third kappa shape index (κ3) is 4.40. The van der Waals surface area contributed by atoms with E-state index >= 15 is 0 Å². The molecule has 4 nitrogen and oxygen atoms in total. The predicted molar refractivity (Wildman–Crippen MR) is 62.2 cm³/mol. The summed E-state index contributed by atoms with van der Waals surface area (Å²) in [6.07, 6.45) is 0.0768. The van der Waals surface area contributed by atoms with Crippen LogP contribution in [0.15, 0.2) is 18.2 Å². The van der Waals surface area contributed by atoms with E-state index < -0.39 is 11.8 Å². The molecule has 17 heavy (non-hydrogen) atoms. The van der Waals surface area contributed by atoms with Crippen molar-refractivity contribution in [1.82, 2.24) is 0 Å². The van der Waals surface area contributed by atoms with Crippen molar-refractivity contribution >= 4 is 11.7 Å². The maximum atomic E-state index is 12.9. The van der Waals surface area contributed by atoms with Crippen LogP contribution in [-0.2, 0) is 9.47 Å². The fourth-order valence-electron chi connectivity index (χ4n) is 1.20. The van der Waals surface area contributed by atoms with Gasteiger partial charge in [-0.3, -0.25) is 0 Å². The number of carbonyl (C=O) groups excluding carboxylic acids is 1. The highest BCUT2D eigenvalue weighted by Crippen LogP contribution is 2.14. The van der Waals surface area contributed by atoms with Gasteiger partial charge in [0.15, 0.2) is 0 Å². The first-order valence-electron chi connectivity index (χ1n) is 5.34. The number of halogens is 1. The normalized spacial score (nSPS) is 10.6. The van der Waals surface area contributed by atoms with Crippen LogP contribution in [0.4, 0.5) is 10.1 Å². The van der Waals surface area contributed by atoms with Crippen LogP contribution in [0.2, 0.25) is 0 Å². The average molecular weight is 241 g/mol. The lowest BCUT2D eigenvalue weighted by Gasteiger charge is -2.09. The van der Waals surface area contributed by atoms with Crippen LogP contribution in [-0.4, -0.2) is 25.3 Å². The van der Waals surface area contributed by atoms with Gasteiger partial charge in [0.25, 0.3) is 0 Å². The van der Waals surface area contributed by atoms with E-state index in [1.807, 2.05) is 13.8 Å². The number of esters is 1. The first-order chi connectivity index (χ1) is 8.00. The second kappa shape index (κ2) is 6.20. The minimum Gasteiger partial charge on any atom is -0.460 e. The third-order valence-electron chi connectivity index (χ3n) is 2.00. The summed E-state index contributed by atoms with van der Waals surface area (Å²) in [7, 11) is 0. The molecular formula is C12H16FNO3. The van der Waals surface area contributed by atoms with Gasteiger partial charge in [0, 0.05) is 5.69 Å². The number of nitrogens with two attached hydrogens (primary N) is 1. The lowest BCUT2D eigenvalue weighted by molar-refractivity contribution is 0.0177. The SMILES string of the molecule is CC(C)OCCOC(=O)c1cc(F)ccc1N. The van der Waals surface area contributed by atoms with Crippen molar-refractivity contribution in [2.75, 3.05) is 18.9 Å². The topological polar surface area (TPSA) is 61.5 Å². The van der Waals surface area contributed by atoms with E-state index in [4.69, 9.17) is 15.2 Å². The molecule has 2 N–H and O–H groups in total. The number of nitrogen functional groups attached to an aromatic ring is 1. The van der Waals surface area contributed by atoms with Crippen LogP contribution in [0.5, 0.6) is 0 Å². The molecule has 0 fully saturated rings. The third-order valence-corrected chi connectivity index (χ3v) is 2.00. The van der Waals surface area contributed by atoms with E-state index in [1.54, 1.807) is 0 Å². The number of hydrogen-bond acceptors (Lipinski definition) is 4. The Bertz CT molecular complexity index is 393. The Hall–Kier alpha value is -1.62. The van der Waals surface area contributed by atoms with Gasteiger partial charge in [0.2, 0.25) is 0 Å². The van der Waals surface area contributed by atoms with Gasteiger partial charge in [0.05, 0.1) is 18.3 Å². The van der Waals surface area contributed by atoms with E-state index in [9.17, 15) is 9.18 Å². The zero-order valence-electron chi connectivity index (χ0n) is 9.90. The molecule has 0 amide bonds. The van der Waals surface area contributed by atoms with E-state index in [0.717, 1.165) is 6.07 Å². The number of rotatable bonds is 5. The first kappa shape index (κ1) is 13.4. The molecule has 5 heteroatoms. The Balaban J connectivity index is 2.49. The molecule has 0 aliphatic carbocycles. The molecule has 0 saturated heterocycles. The zero-order valence-corrected chi connectivity index (χ0v) is 9.90. The van der Waals surface area contributed by atoms with Crippen molar-refractivity contribution in [3.05, 3.63) is 29.6 Å². The fourth-order valence-corrected chi connectivity index (χ4v) is 1.20. The van der Waals surface area contributed by atoms with Crippen molar-refractivity contribution in [2.45, 2.75) is 20.0 Å². The second-order valence-corrected chi connectivity index (χ2v) is 3.79. The van der Waals surface area contributed by atoms with Crippen LogP contribution in [0.1, 0.15) is 24.2 Å². The summed E-state index contributed by atoms with van der Waals surface area (Å²) < 4.78 is 23.0. The molecule has 0 bridgehead atoms. The van der Waals surface area contributed by atoms with Gasteiger partial charge in [-0.1, -0.05) is 0 Å². The standard InChI is InChI=1S/C12H16FNO3/c1-8(2)16-5-6-17-12(15)10-7-9(13)3-4-11(10)14/h3-4,7-8H,5-6,14H2,1-2H3. The molecule has 0 atom stereocenters. The molecule has 0 unspecified atom stereocenters. The van der Waals surface area contributed by atoms with Gasteiger partial charge in [-0.2, -0.15) is 0 Å². The van der Waals surface area contributed by atoms with E-state index in [1.165, 1.54) is 12.1 Å². The molecule has 1 aromatic carbocycles. The molecule has 0 heterocycles. The van der Waals surface area contributed by atoms with Crippen molar-refractivity contribution in [3.8, 4) is 0 Å². The number of carbonyl (C=O) groups is 1.